The fourth-order valence-electron chi connectivity index (χ4n) is 4.47. The van der Waals surface area contributed by atoms with Gasteiger partial charge in [-0.05, 0) is 45.1 Å². The average molecular weight is 343 g/mol. The number of hydrogen-bond donors (Lipinski definition) is 0. The van der Waals surface area contributed by atoms with E-state index in [1.54, 1.807) is 0 Å². The van der Waals surface area contributed by atoms with E-state index in [9.17, 15) is 4.79 Å². The lowest BCUT2D eigenvalue weighted by Gasteiger charge is -2.56. The molecule has 4 aliphatic heterocycles. The van der Waals surface area contributed by atoms with Gasteiger partial charge in [0.25, 0.3) is 0 Å². The Kier molecular flexibility index (Phi) is 4.40. The molecule has 0 spiro atoms. The maximum atomic E-state index is 12.6. The summed E-state index contributed by atoms with van der Waals surface area (Å²) in [6, 6.07) is 2.95. The van der Waals surface area contributed by atoms with E-state index in [-0.39, 0.29) is 0 Å². The minimum absolute atomic E-state index is 0.317. The van der Waals surface area contributed by atoms with E-state index in [1.165, 1.54) is 6.42 Å². The number of amides is 1. The van der Waals surface area contributed by atoms with Crippen LogP contribution in [-0.4, -0.2) is 70.5 Å². The van der Waals surface area contributed by atoms with Crippen molar-refractivity contribution in [3.8, 4) is 0 Å². The fraction of sp³-hybridized carbons (Fsp3) is 0.737. The largest absolute Gasteiger partial charge is 0.342 e. The van der Waals surface area contributed by atoms with Crippen molar-refractivity contribution in [2.45, 2.75) is 52.1 Å². The van der Waals surface area contributed by atoms with Gasteiger partial charge >= 0.3 is 0 Å². The number of carbonyl (C=O) groups is 1. The summed E-state index contributed by atoms with van der Waals surface area (Å²) in [5, 5.41) is 0. The van der Waals surface area contributed by atoms with Gasteiger partial charge in [-0.15, -0.1) is 0 Å². The molecule has 5 heterocycles. The highest BCUT2D eigenvalue weighted by Gasteiger charge is 2.46. The molecule has 6 heteroatoms. The van der Waals surface area contributed by atoms with E-state index in [0.717, 1.165) is 62.3 Å². The van der Waals surface area contributed by atoms with Gasteiger partial charge in [0, 0.05) is 49.7 Å². The number of piperazine rings is 1. The first-order valence-electron chi connectivity index (χ1n) is 9.60. The third-order valence-electron chi connectivity index (χ3n) is 6.05. The smallest absolute Gasteiger partial charge is 0.236 e. The maximum Gasteiger partial charge on any atom is 0.236 e. The molecule has 1 amide bonds. The lowest BCUT2D eigenvalue weighted by Crippen LogP contribution is -2.70. The summed E-state index contributed by atoms with van der Waals surface area (Å²) in [7, 11) is 0. The summed E-state index contributed by atoms with van der Waals surface area (Å²) in [5.41, 5.74) is 2.04. The van der Waals surface area contributed by atoms with E-state index < -0.39 is 0 Å². The first-order valence-corrected chi connectivity index (χ1v) is 9.60. The normalized spacial score (nSPS) is 27.3. The molecule has 136 valence electrons. The number of hydrogen-bond acceptors (Lipinski definition) is 5. The monoisotopic (exact) mass is 343 g/mol. The molecule has 4 saturated heterocycles. The van der Waals surface area contributed by atoms with Gasteiger partial charge in [-0.1, -0.05) is 6.92 Å². The standard InChI is InChI=1S/C19H29N5O/c1-13-4-6-22(7-5-13)18(25)12-24-16-9-17(24)11-23(10-16)19-20-14(2)8-15(3)21-19/h8,13,16-17H,4-7,9-12H2,1-3H3. The van der Waals surface area contributed by atoms with Crippen molar-refractivity contribution in [3.05, 3.63) is 17.5 Å². The van der Waals surface area contributed by atoms with Crippen molar-refractivity contribution < 1.29 is 4.79 Å². The molecule has 6 nitrogen and oxygen atoms in total. The zero-order chi connectivity index (χ0) is 17.6. The molecular formula is C19H29N5O. The molecule has 0 radical (unpaired) electrons. The molecule has 2 unspecified atom stereocenters. The van der Waals surface area contributed by atoms with Crippen molar-refractivity contribution in [2.24, 2.45) is 5.92 Å². The predicted molar refractivity (Wildman–Crippen MR) is 97.6 cm³/mol. The minimum atomic E-state index is 0.317. The summed E-state index contributed by atoms with van der Waals surface area (Å²) in [5.74, 6) is 1.93. The maximum absolute atomic E-state index is 12.6. The Balaban J connectivity index is 1.35. The number of aromatic nitrogens is 2. The molecule has 5 rings (SSSR count). The Morgan fingerprint density at radius 3 is 2.32 bits per heavy atom. The topological polar surface area (TPSA) is 52.6 Å². The van der Waals surface area contributed by atoms with Crippen LogP contribution in [0.1, 0.15) is 37.6 Å². The number of nitrogens with zero attached hydrogens (tertiary/aromatic N) is 5. The second kappa shape index (κ2) is 6.56. The SMILES string of the molecule is Cc1cc(C)nc(N2CC3CC(C2)N3CC(=O)N2CCC(C)CC2)n1. The highest BCUT2D eigenvalue weighted by atomic mass is 16.2. The van der Waals surface area contributed by atoms with Gasteiger partial charge in [-0.2, -0.15) is 0 Å². The Bertz CT molecular complexity index is 623. The minimum Gasteiger partial charge on any atom is -0.342 e. The number of aryl methyl sites for hydroxylation is 2. The van der Waals surface area contributed by atoms with Crippen molar-refractivity contribution in [1.82, 2.24) is 19.8 Å². The first-order chi connectivity index (χ1) is 12.0. The molecule has 2 bridgehead atoms. The molecule has 0 aromatic carbocycles. The first kappa shape index (κ1) is 16.8. The molecular weight excluding hydrogens is 314 g/mol. The van der Waals surface area contributed by atoms with Crippen LogP contribution < -0.4 is 4.90 Å². The van der Waals surface area contributed by atoms with E-state index in [4.69, 9.17) is 0 Å². The number of anilines is 1. The molecule has 1 aromatic rings. The molecule has 0 N–H and O–H groups in total. The second-order valence-corrected chi connectivity index (χ2v) is 8.13. The number of likely N-dealkylation sites (tertiary alicyclic amines) is 1. The average Bonchev–Trinajstić information content (AvgIpc) is 2.59. The van der Waals surface area contributed by atoms with Crippen LogP contribution in [0.15, 0.2) is 6.07 Å². The quantitative estimate of drug-likeness (QED) is 0.835. The van der Waals surface area contributed by atoms with E-state index >= 15 is 0 Å². The summed E-state index contributed by atoms with van der Waals surface area (Å²) in [4.78, 5) is 28.6. The highest BCUT2D eigenvalue weighted by molar-refractivity contribution is 5.78. The van der Waals surface area contributed by atoms with Crippen molar-refractivity contribution >= 4 is 11.9 Å². The zero-order valence-corrected chi connectivity index (χ0v) is 15.6. The van der Waals surface area contributed by atoms with Crippen LogP contribution in [0, 0.1) is 19.8 Å². The van der Waals surface area contributed by atoms with Crippen LogP contribution in [0.25, 0.3) is 0 Å². The molecule has 2 atom stereocenters. The van der Waals surface area contributed by atoms with Gasteiger partial charge < -0.3 is 9.80 Å². The molecule has 4 fully saturated rings. The van der Waals surface area contributed by atoms with Crippen LogP contribution in [-0.2, 0) is 4.79 Å². The van der Waals surface area contributed by atoms with Crippen LogP contribution >= 0.6 is 0 Å². The molecule has 0 aliphatic carbocycles. The molecule has 4 aliphatic rings. The van der Waals surface area contributed by atoms with Crippen LogP contribution in [0.4, 0.5) is 5.95 Å². The van der Waals surface area contributed by atoms with E-state index in [0.29, 0.717) is 24.5 Å². The Labute approximate surface area is 150 Å². The van der Waals surface area contributed by atoms with Crippen molar-refractivity contribution in [3.63, 3.8) is 0 Å². The van der Waals surface area contributed by atoms with Gasteiger partial charge in [0.1, 0.15) is 0 Å². The Morgan fingerprint density at radius 2 is 1.72 bits per heavy atom. The molecule has 0 saturated carbocycles. The lowest BCUT2D eigenvalue weighted by atomic mass is 9.87. The number of piperidine rings is 2. The van der Waals surface area contributed by atoms with Crippen molar-refractivity contribution in [1.29, 1.82) is 0 Å². The summed E-state index contributed by atoms with van der Waals surface area (Å²) < 4.78 is 0. The van der Waals surface area contributed by atoms with Crippen LogP contribution in [0.2, 0.25) is 0 Å². The third-order valence-corrected chi connectivity index (χ3v) is 6.05. The van der Waals surface area contributed by atoms with Gasteiger partial charge in [-0.3, -0.25) is 9.69 Å². The van der Waals surface area contributed by atoms with Gasteiger partial charge in [-0.25, -0.2) is 9.97 Å². The molecule has 25 heavy (non-hydrogen) atoms. The second-order valence-electron chi connectivity index (χ2n) is 8.13. The van der Waals surface area contributed by atoms with Crippen LogP contribution in [0.3, 0.4) is 0 Å². The number of rotatable bonds is 3. The fourth-order valence-corrected chi connectivity index (χ4v) is 4.47. The summed E-state index contributed by atoms with van der Waals surface area (Å²) in [6.45, 7) is 10.7. The number of carbonyl (C=O) groups excluding carboxylic acids is 1. The highest BCUT2D eigenvalue weighted by Crippen LogP contribution is 2.33. The molecule has 1 aromatic heterocycles. The summed E-state index contributed by atoms with van der Waals surface area (Å²) in [6.07, 6.45) is 3.50. The Hall–Kier alpha value is -1.69. The number of fused-ring (bicyclic) bond motifs is 2. The van der Waals surface area contributed by atoms with Crippen molar-refractivity contribution in [2.75, 3.05) is 37.6 Å². The predicted octanol–water partition coefficient (Wildman–Crippen LogP) is 1.61. The summed E-state index contributed by atoms with van der Waals surface area (Å²) >= 11 is 0. The van der Waals surface area contributed by atoms with E-state index in [2.05, 4.69) is 31.6 Å². The zero-order valence-electron chi connectivity index (χ0n) is 15.6. The van der Waals surface area contributed by atoms with Gasteiger partial charge in [0.15, 0.2) is 0 Å². The lowest BCUT2D eigenvalue weighted by molar-refractivity contribution is -0.138. The Morgan fingerprint density at radius 1 is 1.12 bits per heavy atom. The van der Waals surface area contributed by atoms with Crippen LogP contribution in [0.5, 0.6) is 0 Å². The van der Waals surface area contributed by atoms with E-state index in [1.807, 2.05) is 19.9 Å². The third kappa shape index (κ3) is 3.36. The van der Waals surface area contributed by atoms with Gasteiger partial charge in [0.05, 0.1) is 6.54 Å². The van der Waals surface area contributed by atoms with Gasteiger partial charge in [0.2, 0.25) is 11.9 Å².